The molecular weight excluding hydrogens is 366 g/mol. The van der Waals surface area contributed by atoms with E-state index < -0.39 is 6.23 Å². The third-order valence-corrected chi connectivity index (χ3v) is 4.58. The van der Waals surface area contributed by atoms with E-state index in [2.05, 4.69) is 42.0 Å². The van der Waals surface area contributed by atoms with Gasteiger partial charge in [-0.25, -0.2) is 0 Å². The first-order valence-corrected chi connectivity index (χ1v) is 9.63. The first-order valence-electron chi connectivity index (χ1n) is 8.23. The van der Waals surface area contributed by atoms with E-state index in [1.807, 2.05) is 12.1 Å². The molecule has 8 heteroatoms. The van der Waals surface area contributed by atoms with Crippen LogP contribution in [0, 0.1) is 0 Å². The van der Waals surface area contributed by atoms with Crippen LogP contribution in [0.1, 0.15) is 31.1 Å². The minimum Gasteiger partial charge on any atom is -0.489 e. The molecule has 0 saturated carbocycles. The molecule has 0 aliphatic carbocycles. The van der Waals surface area contributed by atoms with Crippen molar-refractivity contribution < 1.29 is 14.3 Å². The van der Waals surface area contributed by atoms with E-state index in [4.69, 9.17) is 21.4 Å². The summed E-state index contributed by atoms with van der Waals surface area (Å²) in [6, 6.07) is 9.59. The molecule has 2 rings (SSSR count). The van der Waals surface area contributed by atoms with E-state index >= 15 is 0 Å². The molecule has 0 aliphatic rings. The van der Waals surface area contributed by atoms with Gasteiger partial charge in [-0.15, -0.1) is 5.11 Å². The SMILES string of the molecule is C=C(NC(=S)/N=N\C(O)COc1ccc(C(C)C)cc1[SiH3])c1ccco1. The summed E-state index contributed by atoms with van der Waals surface area (Å²) in [7, 11) is 0.858. The predicted octanol–water partition coefficient (Wildman–Crippen LogP) is 2.09. The Labute approximate surface area is 161 Å². The number of aliphatic hydroxyl groups excluding tert-OH is 1. The number of hydrogen-bond acceptors (Lipinski definition) is 5. The number of ether oxygens (including phenoxy) is 1. The van der Waals surface area contributed by atoms with Gasteiger partial charge in [-0.3, -0.25) is 0 Å². The van der Waals surface area contributed by atoms with E-state index in [0.29, 0.717) is 17.4 Å². The van der Waals surface area contributed by atoms with Crippen molar-refractivity contribution in [3.8, 4) is 5.75 Å². The van der Waals surface area contributed by atoms with Gasteiger partial charge >= 0.3 is 0 Å². The van der Waals surface area contributed by atoms with E-state index in [0.717, 1.165) is 21.2 Å². The molecule has 0 amide bonds. The third kappa shape index (κ3) is 5.90. The fourth-order valence-corrected chi connectivity index (χ4v) is 2.99. The van der Waals surface area contributed by atoms with E-state index in [9.17, 15) is 5.11 Å². The first kappa shape index (κ1) is 20.0. The zero-order chi connectivity index (χ0) is 19.1. The van der Waals surface area contributed by atoms with Crippen molar-refractivity contribution in [3.63, 3.8) is 0 Å². The van der Waals surface area contributed by atoms with Crippen LogP contribution in [0.2, 0.25) is 0 Å². The number of rotatable bonds is 7. The Morgan fingerprint density at radius 2 is 2.19 bits per heavy atom. The third-order valence-electron chi connectivity index (χ3n) is 3.61. The van der Waals surface area contributed by atoms with Crippen LogP contribution < -0.4 is 15.2 Å². The number of nitrogens with one attached hydrogen (secondary N) is 1. The number of aliphatic hydroxyl groups is 1. The van der Waals surface area contributed by atoms with Crippen molar-refractivity contribution in [1.82, 2.24) is 5.32 Å². The van der Waals surface area contributed by atoms with Crippen LogP contribution in [0.4, 0.5) is 0 Å². The second-order valence-electron chi connectivity index (χ2n) is 6.07. The molecule has 0 bridgehead atoms. The number of thiocarbonyl (C=S) groups is 1. The Morgan fingerprint density at radius 1 is 1.42 bits per heavy atom. The zero-order valence-electron chi connectivity index (χ0n) is 15.1. The summed E-state index contributed by atoms with van der Waals surface area (Å²) in [5.74, 6) is 1.79. The summed E-state index contributed by atoms with van der Waals surface area (Å²) >= 11 is 5.04. The van der Waals surface area contributed by atoms with Gasteiger partial charge in [-0.1, -0.05) is 32.6 Å². The molecule has 2 N–H and O–H groups in total. The molecule has 1 heterocycles. The number of azo groups is 1. The minimum absolute atomic E-state index is 0.00150. The highest BCUT2D eigenvalue weighted by Crippen LogP contribution is 2.16. The summed E-state index contributed by atoms with van der Waals surface area (Å²) in [4.78, 5) is 0. The van der Waals surface area contributed by atoms with Crippen LogP contribution >= 0.6 is 12.2 Å². The molecular formula is C18H23N3O3SSi. The molecule has 138 valence electrons. The molecule has 0 radical (unpaired) electrons. The Balaban J connectivity index is 1.82. The van der Waals surface area contributed by atoms with Gasteiger partial charge in [0.2, 0.25) is 11.3 Å². The maximum atomic E-state index is 9.91. The predicted molar refractivity (Wildman–Crippen MR) is 110 cm³/mol. The molecule has 26 heavy (non-hydrogen) atoms. The Hall–Kier alpha value is -2.29. The lowest BCUT2D eigenvalue weighted by molar-refractivity contribution is 0.110. The lowest BCUT2D eigenvalue weighted by atomic mass is 10.0. The molecule has 0 fully saturated rings. The lowest BCUT2D eigenvalue weighted by Crippen LogP contribution is -2.20. The van der Waals surface area contributed by atoms with Gasteiger partial charge in [0, 0.05) is 10.2 Å². The summed E-state index contributed by atoms with van der Waals surface area (Å²) in [5, 5.41) is 21.4. The topological polar surface area (TPSA) is 79.4 Å². The Morgan fingerprint density at radius 3 is 2.81 bits per heavy atom. The van der Waals surface area contributed by atoms with Crippen LogP contribution in [0.25, 0.3) is 5.70 Å². The van der Waals surface area contributed by atoms with E-state index in [1.54, 1.807) is 12.1 Å². The monoisotopic (exact) mass is 389 g/mol. The summed E-state index contributed by atoms with van der Waals surface area (Å²) in [6.07, 6.45) is 0.421. The van der Waals surface area contributed by atoms with Crippen LogP contribution in [0.5, 0.6) is 5.75 Å². The number of nitrogens with zero attached hydrogens (tertiary/aromatic N) is 2. The Bertz CT molecular complexity index is 791. The molecule has 0 aliphatic heterocycles. The second kappa shape index (κ2) is 9.42. The molecule has 1 aromatic heterocycles. The fourth-order valence-electron chi connectivity index (χ4n) is 2.18. The standard InChI is InChI=1S/C18H23N3O3SSi/c1-11(2)13-6-7-15(16(26)9-13)24-10-17(22)20-21-18(25)19-12(3)14-5-4-8-23-14/h4-9,11,17,22H,3,10H2,1-2,26H3,(H,19,25)/b21-20-. The fraction of sp³-hybridized carbons (Fsp3) is 0.278. The van der Waals surface area contributed by atoms with Gasteiger partial charge in [0.25, 0.3) is 0 Å². The molecule has 0 saturated heterocycles. The molecule has 6 nitrogen and oxygen atoms in total. The average Bonchev–Trinajstić information content (AvgIpc) is 3.13. The second-order valence-corrected chi connectivity index (χ2v) is 7.54. The highest BCUT2D eigenvalue weighted by atomic mass is 32.1. The van der Waals surface area contributed by atoms with Gasteiger partial charge < -0.3 is 19.6 Å². The van der Waals surface area contributed by atoms with Crippen LogP contribution in [-0.2, 0) is 0 Å². The van der Waals surface area contributed by atoms with Gasteiger partial charge in [0.1, 0.15) is 18.1 Å². The largest absolute Gasteiger partial charge is 0.489 e. The van der Waals surface area contributed by atoms with Gasteiger partial charge in [0.15, 0.2) is 0 Å². The number of hydrogen-bond donors (Lipinski definition) is 2. The lowest BCUT2D eigenvalue weighted by Gasteiger charge is -2.13. The van der Waals surface area contributed by atoms with Crippen LogP contribution in [-0.4, -0.2) is 33.3 Å². The highest BCUT2D eigenvalue weighted by molar-refractivity contribution is 7.80. The maximum absolute atomic E-state index is 9.91. The molecule has 1 unspecified atom stereocenters. The maximum Gasteiger partial charge on any atom is 0.218 e. The molecule has 1 atom stereocenters. The smallest absolute Gasteiger partial charge is 0.218 e. The summed E-state index contributed by atoms with van der Waals surface area (Å²) in [5.41, 5.74) is 1.74. The van der Waals surface area contributed by atoms with Crippen LogP contribution in [0.3, 0.4) is 0 Å². The van der Waals surface area contributed by atoms with Crippen molar-refractivity contribution in [1.29, 1.82) is 0 Å². The quantitative estimate of drug-likeness (QED) is 0.431. The van der Waals surface area contributed by atoms with E-state index in [1.165, 1.54) is 11.8 Å². The number of furan rings is 1. The summed E-state index contributed by atoms with van der Waals surface area (Å²) in [6.45, 7) is 8.10. The van der Waals surface area contributed by atoms with Crippen molar-refractivity contribution in [2.45, 2.75) is 26.0 Å². The van der Waals surface area contributed by atoms with Gasteiger partial charge in [-0.2, -0.15) is 5.11 Å². The average molecular weight is 390 g/mol. The van der Waals surface area contributed by atoms with Crippen molar-refractivity contribution in [3.05, 3.63) is 54.5 Å². The molecule has 2 aromatic rings. The minimum atomic E-state index is -1.11. The Kier molecular flexibility index (Phi) is 7.25. The number of benzene rings is 1. The normalized spacial score (nSPS) is 12.5. The van der Waals surface area contributed by atoms with Gasteiger partial charge in [0.05, 0.1) is 12.0 Å². The van der Waals surface area contributed by atoms with Crippen molar-refractivity contribution in [2.24, 2.45) is 10.2 Å². The molecule has 0 spiro atoms. The van der Waals surface area contributed by atoms with Crippen molar-refractivity contribution in [2.75, 3.05) is 6.61 Å². The summed E-state index contributed by atoms with van der Waals surface area (Å²) < 4.78 is 10.8. The van der Waals surface area contributed by atoms with Crippen molar-refractivity contribution >= 4 is 38.5 Å². The van der Waals surface area contributed by atoms with Gasteiger partial charge in [-0.05, 0) is 47.1 Å². The van der Waals surface area contributed by atoms with Crippen LogP contribution in [0.15, 0.2) is 57.8 Å². The first-order chi connectivity index (χ1) is 12.4. The molecule has 1 aromatic carbocycles. The highest BCUT2D eigenvalue weighted by Gasteiger charge is 2.08. The zero-order valence-corrected chi connectivity index (χ0v) is 17.9. The van der Waals surface area contributed by atoms with E-state index in [-0.39, 0.29) is 11.7 Å².